The van der Waals surface area contributed by atoms with Gasteiger partial charge in [0.05, 0.1) is 11.9 Å². The number of hydrogen-bond acceptors (Lipinski definition) is 3. The van der Waals surface area contributed by atoms with Gasteiger partial charge in [0.1, 0.15) is 11.6 Å². The Morgan fingerprint density at radius 3 is 2.67 bits per heavy atom. The van der Waals surface area contributed by atoms with Crippen molar-refractivity contribution in [3.8, 4) is 5.82 Å². The third-order valence-corrected chi connectivity index (χ3v) is 4.03. The summed E-state index contributed by atoms with van der Waals surface area (Å²) in [5.74, 6) is 1.80. The fourth-order valence-electron chi connectivity index (χ4n) is 2.09. The van der Waals surface area contributed by atoms with E-state index in [2.05, 4.69) is 37.3 Å². The second kappa shape index (κ2) is 6.10. The third-order valence-electron chi connectivity index (χ3n) is 3.26. The number of aromatic nitrogens is 3. The molecule has 4 nitrogen and oxygen atoms in total. The summed E-state index contributed by atoms with van der Waals surface area (Å²) in [5, 5.41) is 3.37. The van der Waals surface area contributed by atoms with Gasteiger partial charge in [-0.3, -0.25) is 4.57 Å². The van der Waals surface area contributed by atoms with Crippen LogP contribution in [-0.2, 0) is 6.54 Å². The van der Waals surface area contributed by atoms with Crippen molar-refractivity contribution >= 4 is 21.6 Å². The maximum Gasteiger partial charge on any atom is 0.138 e. The molecule has 0 aliphatic carbocycles. The Balaban J connectivity index is 1.71. The molecule has 0 atom stereocenters. The van der Waals surface area contributed by atoms with E-state index in [4.69, 9.17) is 0 Å². The maximum atomic E-state index is 4.47. The lowest BCUT2D eigenvalue weighted by atomic mass is 10.2. The van der Waals surface area contributed by atoms with E-state index in [-0.39, 0.29) is 0 Å². The van der Waals surface area contributed by atoms with Gasteiger partial charge in [0.2, 0.25) is 0 Å². The molecule has 2 heterocycles. The van der Waals surface area contributed by atoms with Crippen LogP contribution in [0.5, 0.6) is 0 Å². The normalized spacial score (nSPS) is 10.6. The van der Waals surface area contributed by atoms with Gasteiger partial charge in [-0.05, 0) is 30.7 Å². The van der Waals surface area contributed by atoms with Crippen LogP contribution in [0.2, 0.25) is 0 Å². The van der Waals surface area contributed by atoms with Crippen LogP contribution in [0.15, 0.2) is 59.5 Å². The lowest BCUT2D eigenvalue weighted by Gasteiger charge is -2.09. The average molecular weight is 343 g/mol. The highest BCUT2D eigenvalue weighted by Crippen LogP contribution is 2.18. The zero-order chi connectivity index (χ0) is 14.7. The molecule has 1 N–H and O–H groups in total. The SMILES string of the molecule is Cc1nccn1-c1ccc(NCc2ccccc2Br)cn1. The molecule has 0 bridgehead atoms. The number of hydrogen-bond donors (Lipinski definition) is 1. The largest absolute Gasteiger partial charge is 0.380 e. The van der Waals surface area contributed by atoms with Gasteiger partial charge in [-0.15, -0.1) is 0 Å². The minimum atomic E-state index is 0.757. The molecule has 0 amide bonds. The molecule has 5 heteroatoms. The van der Waals surface area contributed by atoms with Gasteiger partial charge >= 0.3 is 0 Å². The van der Waals surface area contributed by atoms with Crippen LogP contribution in [0.4, 0.5) is 5.69 Å². The number of imidazole rings is 1. The Hall–Kier alpha value is -2.14. The summed E-state index contributed by atoms with van der Waals surface area (Å²) in [6.07, 6.45) is 5.52. The lowest BCUT2D eigenvalue weighted by molar-refractivity contribution is 0.932. The third kappa shape index (κ3) is 3.13. The van der Waals surface area contributed by atoms with Gasteiger partial charge in [-0.2, -0.15) is 0 Å². The molecular weight excluding hydrogens is 328 g/mol. The van der Waals surface area contributed by atoms with Crippen molar-refractivity contribution in [2.24, 2.45) is 0 Å². The topological polar surface area (TPSA) is 42.7 Å². The van der Waals surface area contributed by atoms with Gasteiger partial charge < -0.3 is 5.32 Å². The number of pyridine rings is 1. The molecular formula is C16H15BrN4. The monoisotopic (exact) mass is 342 g/mol. The van der Waals surface area contributed by atoms with Crippen molar-refractivity contribution < 1.29 is 0 Å². The molecule has 0 spiro atoms. The molecule has 2 aromatic heterocycles. The second-order valence-corrected chi connectivity index (χ2v) is 5.55. The van der Waals surface area contributed by atoms with Crippen LogP contribution in [-0.4, -0.2) is 14.5 Å². The summed E-state index contributed by atoms with van der Waals surface area (Å²) in [6.45, 7) is 2.72. The van der Waals surface area contributed by atoms with Gasteiger partial charge in [-0.1, -0.05) is 34.1 Å². The zero-order valence-corrected chi connectivity index (χ0v) is 13.2. The summed E-state index contributed by atoms with van der Waals surface area (Å²) < 4.78 is 3.06. The lowest BCUT2D eigenvalue weighted by Crippen LogP contribution is -2.02. The Labute approximate surface area is 132 Å². The molecule has 0 aliphatic heterocycles. The van der Waals surface area contributed by atoms with Gasteiger partial charge in [0.15, 0.2) is 0 Å². The highest BCUT2D eigenvalue weighted by atomic mass is 79.9. The molecule has 106 valence electrons. The maximum absolute atomic E-state index is 4.47. The molecule has 0 saturated carbocycles. The van der Waals surface area contributed by atoms with Gasteiger partial charge in [0.25, 0.3) is 0 Å². The van der Waals surface area contributed by atoms with Crippen LogP contribution >= 0.6 is 15.9 Å². The van der Waals surface area contributed by atoms with Gasteiger partial charge in [0, 0.05) is 23.4 Å². The Kier molecular flexibility index (Phi) is 4.01. The smallest absolute Gasteiger partial charge is 0.138 e. The molecule has 0 unspecified atom stereocenters. The summed E-state index contributed by atoms with van der Waals surface area (Å²) in [5.41, 5.74) is 2.21. The predicted octanol–water partition coefficient (Wildman–Crippen LogP) is 3.95. The Bertz CT molecular complexity index is 734. The summed E-state index contributed by atoms with van der Waals surface area (Å²) in [6, 6.07) is 12.2. The van der Waals surface area contributed by atoms with E-state index in [9.17, 15) is 0 Å². The number of aryl methyl sites for hydroxylation is 1. The highest BCUT2D eigenvalue weighted by molar-refractivity contribution is 9.10. The van der Waals surface area contributed by atoms with Crippen molar-refractivity contribution in [1.29, 1.82) is 0 Å². The number of rotatable bonds is 4. The molecule has 0 saturated heterocycles. The minimum Gasteiger partial charge on any atom is -0.380 e. The quantitative estimate of drug-likeness (QED) is 0.780. The number of halogens is 1. The van der Waals surface area contributed by atoms with Crippen molar-refractivity contribution in [1.82, 2.24) is 14.5 Å². The number of anilines is 1. The minimum absolute atomic E-state index is 0.757. The van der Waals surface area contributed by atoms with E-state index in [0.717, 1.165) is 28.3 Å². The molecule has 1 aromatic carbocycles. The zero-order valence-electron chi connectivity index (χ0n) is 11.6. The highest BCUT2D eigenvalue weighted by Gasteiger charge is 2.02. The van der Waals surface area contributed by atoms with E-state index < -0.39 is 0 Å². The summed E-state index contributed by atoms with van der Waals surface area (Å²) in [7, 11) is 0. The standard InChI is InChI=1S/C16H15BrN4/c1-12-18-8-9-21(12)16-7-6-14(11-20-16)19-10-13-4-2-3-5-15(13)17/h2-9,11,19H,10H2,1H3. The van der Waals surface area contributed by atoms with Crippen LogP contribution in [0.25, 0.3) is 5.82 Å². The van der Waals surface area contributed by atoms with E-state index >= 15 is 0 Å². The van der Waals surface area contributed by atoms with Crippen LogP contribution in [0, 0.1) is 6.92 Å². The van der Waals surface area contributed by atoms with Crippen LogP contribution in [0.1, 0.15) is 11.4 Å². The number of nitrogens with one attached hydrogen (secondary N) is 1. The molecule has 3 aromatic rings. The Morgan fingerprint density at radius 2 is 2.00 bits per heavy atom. The van der Waals surface area contributed by atoms with Crippen molar-refractivity contribution in [2.45, 2.75) is 13.5 Å². The first-order chi connectivity index (χ1) is 10.2. The van der Waals surface area contributed by atoms with Crippen molar-refractivity contribution in [3.05, 3.63) is 70.8 Å². The van der Waals surface area contributed by atoms with E-state index in [1.54, 1.807) is 6.20 Å². The molecule has 0 aliphatic rings. The number of benzene rings is 1. The first kappa shape index (κ1) is 13.8. The van der Waals surface area contributed by atoms with Crippen LogP contribution in [0.3, 0.4) is 0 Å². The van der Waals surface area contributed by atoms with E-state index in [1.165, 1.54) is 5.56 Å². The van der Waals surface area contributed by atoms with Crippen molar-refractivity contribution in [2.75, 3.05) is 5.32 Å². The first-order valence-electron chi connectivity index (χ1n) is 6.68. The fourth-order valence-corrected chi connectivity index (χ4v) is 2.52. The fraction of sp³-hybridized carbons (Fsp3) is 0.125. The van der Waals surface area contributed by atoms with Gasteiger partial charge in [-0.25, -0.2) is 9.97 Å². The second-order valence-electron chi connectivity index (χ2n) is 4.69. The first-order valence-corrected chi connectivity index (χ1v) is 7.47. The van der Waals surface area contributed by atoms with Crippen LogP contribution < -0.4 is 5.32 Å². The summed E-state index contributed by atoms with van der Waals surface area (Å²) >= 11 is 3.55. The van der Waals surface area contributed by atoms with E-state index in [1.807, 2.05) is 54.2 Å². The molecule has 21 heavy (non-hydrogen) atoms. The van der Waals surface area contributed by atoms with Crippen molar-refractivity contribution in [3.63, 3.8) is 0 Å². The summed E-state index contributed by atoms with van der Waals surface area (Å²) in [4.78, 5) is 8.67. The average Bonchev–Trinajstić information content (AvgIpc) is 2.93. The van der Waals surface area contributed by atoms with E-state index in [0.29, 0.717) is 0 Å². The predicted molar refractivity (Wildman–Crippen MR) is 87.6 cm³/mol. The molecule has 0 radical (unpaired) electrons. The Morgan fingerprint density at radius 1 is 1.14 bits per heavy atom. The molecule has 0 fully saturated rings. The number of nitrogens with zero attached hydrogens (tertiary/aromatic N) is 3. The molecule has 3 rings (SSSR count).